The van der Waals surface area contributed by atoms with E-state index >= 15 is 0 Å². The van der Waals surface area contributed by atoms with Crippen LogP contribution in [0.25, 0.3) is 21.9 Å². The third-order valence-corrected chi connectivity index (χ3v) is 4.28. The molecule has 122 valence electrons. The predicted octanol–water partition coefficient (Wildman–Crippen LogP) is 3.25. The molecule has 1 aromatic carbocycles. The van der Waals surface area contributed by atoms with Gasteiger partial charge in [0.05, 0.1) is 11.0 Å². The van der Waals surface area contributed by atoms with Crippen LogP contribution in [-0.2, 0) is 13.0 Å². The zero-order valence-corrected chi connectivity index (χ0v) is 13.8. The molecule has 2 heterocycles. The van der Waals surface area contributed by atoms with Crippen molar-refractivity contribution in [3.8, 4) is 0 Å². The van der Waals surface area contributed by atoms with Crippen molar-refractivity contribution in [2.45, 2.75) is 45.6 Å². The number of anilines is 1. The van der Waals surface area contributed by atoms with Crippen molar-refractivity contribution in [1.29, 1.82) is 0 Å². The zero-order chi connectivity index (χ0) is 16.2. The van der Waals surface area contributed by atoms with Crippen LogP contribution in [0, 0.1) is 0 Å². The van der Waals surface area contributed by atoms with Gasteiger partial charge in [-0.1, -0.05) is 31.5 Å². The van der Waals surface area contributed by atoms with E-state index < -0.39 is 0 Å². The summed E-state index contributed by atoms with van der Waals surface area (Å²) in [7, 11) is 0. The lowest BCUT2D eigenvalue weighted by atomic mass is 10.2. The van der Waals surface area contributed by atoms with E-state index in [0.29, 0.717) is 5.82 Å². The van der Waals surface area contributed by atoms with Crippen LogP contribution in [0.2, 0.25) is 0 Å². The number of para-hydroxylation sites is 1. The molecule has 4 N–H and O–H groups in total. The molecule has 3 aromatic rings. The molecule has 5 heteroatoms. The number of rotatable bonds is 7. The van der Waals surface area contributed by atoms with Crippen LogP contribution >= 0.6 is 0 Å². The Hall–Kier alpha value is -2.14. The second kappa shape index (κ2) is 6.96. The first-order chi connectivity index (χ1) is 11.3. The smallest absolute Gasteiger partial charge is 0.152 e. The van der Waals surface area contributed by atoms with Crippen LogP contribution in [0.5, 0.6) is 0 Å². The topological polar surface area (TPSA) is 82.8 Å². The van der Waals surface area contributed by atoms with Gasteiger partial charge in [0.1, 0.15) is 11.3 Å². The maximum absolute atomic E-state index is 6.18. The van der Waals surface area contributed by atoms with Crippen molar-refractivity contribution in [2.24, 2.45) is 5.73 Å². The van der Waals surface area contributed by atoms with Gasteiger partial charge in [-0.3, -0.25) is 0 Å². The number of aromatic nitrogens is 3. The van der Waals surface area contributed by atoms with Gasteiger partial charge < -0.3 is 16.0 Å². The number of fused-ring (bicyclic) bond motifs is 3. The molecule has 0 aliphatic rings. The zero-order valence-electron chi connectivity index (χ0n) is 13.8. The van der Waals surface area contributed by atoms with E-state index in [0.717, 1.165) is 73.0 Å². The fourth-order valence-corrected chi connectivity index (χ4v) is 3.08. The third kappa shape index (κ3) is 3.01. The number of hydrogen-bond donors (Lipinski definition) is 2. The van der Waals surface area contributed by atoms with E-state index in [1.165, 1.54) is 0 Å². The Morgan fingerprint density at radius 1 is 1.09 bits per heavy atom. The van der Waals surface area contributed by atoms with E-state index in [4.69, 9.17) is 16.5 Å². The summed E-state index contributed by atoms with van der Waals surface area (Å²) in [6.45, 7) is 3.90. The van der Waals surface area contributed by atoms with Crippen molar-refractivity contribution in [2.75, 3.05) is 12.3 Å². The van der Waals surface area contributed by atoms with Gasteiger partial charge in [0.25, 0.3) is 0 Å². The first-order valence-corrected chi connectivity index (χ1v) is 8.49. The molecule has 23 heavy (non-hydrogen) atoms. The van der Waals surface area contributed by atoms with E-state index in [2.05, 4.69) is 22.5 Å². The lowest BCUT2D eigenvalue weighted by Crippen LogP contribution is -2.06. The fraction of sp³-hybridized carbons (Fsp3) is 0.444. The molecular formula is C18H25N5. The Kier molecular flexibility index (Phi) is 4.76. The summed E-state index contributed by atoms with van der Waals surface area (Å²) in [5.74, 6) is 1.63. The van der Waals surface area contributed by atoms with Crippen LogP contribution in [0.3, 0.4) is 0 Å². The van der Waals surface area contributed by atoms with Crippen LogP contribution < -0.4 is 11.5 Å². The van der Waals surface area contributed by atoms with Crippen molar-refractivity contribution in [3.05, 3.63) is 30.1 Å². The minimum atomic E-state index is 0.522. The maximum Gasteiger partial charge on any atom is 0.152 e. The molecule has 0 atom stereocenters. The van der Waals surface area contributed by atoms with E-state index in [1.54, 1.807) is 0 Å². The molecule has 0 amide bonds. The minimum Gasteiger partial charge on any atom is -0.382 e. The van der Waals surface area contributed by atoms with Gasteiger partial charge in [-0.25, -0.2) is 9.97 Å². The number of benzene rings is 1. The highest BCUT2D eigenvalue weighted by molar-refractivity contribution is 6.06. The molecule has 0 spiro atoms. The third-order valence-electron chi connectivity index (χ3n) is 4.28. The summed E-state index contributed by atoms with van der Waals surface area (Å²) in [5.41, 5.74) is 14.7. The minimum absolute atomic E-state index is 0.522. The second-order valence-corrected chi connectivity index (χ2v) is 5.99. The monoisotopic (exact) mass is 311 g/mol. The number of imidazole rings is 1. The molecule has 0 bridgehead atoms. The molecule has 0 radical (unpaired) electrons. The lowest BCUT2D eigenvalue weighted by molar-refractivity contribution is 0.601. The molecule has 0 saturated carbocycles. The largest absolute Gasteiger partial charge is 0.382 e. The predicted molar refractivity (Wildman–Crippen MR) is 96.3 cm³/mol. The summed E-state index contributed by atoms with van der Waals surface area (Å²) >= 11 is 0. The average molecular weight is 311 g/mol. The van der Waals surface area contributed by atoms with Crippen LogP contribution in [0.1, 0.15) is 38.4 Å². The molecule has 0 saturated heterocycles. The van der Waals surface area contributed by atoms with E-state index in [1.807, 2.05) is 18.2 Å². The quantitative estimate of drug-likeness (QED) is 0.656. The Labute approximate surface area is 136 Å². The first kappa shape index (κ1) is 15.7. The summed E-state index contributed by atoms with van der Waals surface area (Å²) < 4.78 is 2.34. The number of nitrogens with zero attached hydrogens (tertiary/aromatic N) is 3. The summed E-state index contributed by atoms with van der Waals surface area (Å²) in [6.07, 6.45) is 5.29. The second-order valence-electron chi connectivity index (χ2n) is 5.99. The summed E-state index contributed by atoms with van der Waals surface area (Å²) in [5, 5.41) is 1.13. The van der Waals surface area contributed by atoms with Gasteiger partial charge >= 0.3 is 0 Å². The van der Waals surface area contributed by atoms with Gasteiger partial charge in [0, 0.05) is 18.4 Å². The molecule has 2 aromatic heterocycles. The number of nitrogen functional groups attached to an aromatic ring is 1. The van der Waals surface area contributed by atoms with Crippen molar-refractivity contribution < 1.29 is 0 Å². The van der Waals surface area contributed by atoms with Crippen LogP contribution in [-0.4, -0.2) is 21.1 Å². The molecule has 0 aliphatic carbocycles. The SMILES string of the molecule is CCCCn1c(CCCCN)nc2c(N)nc3ccccc3c21. The Morgan fingerprint density at radius 3 is 2.70 bits per heavy atom. The Bertz CT molecular complexity index is 806. The molecular weight excluding hydrogens is 286 g/mol. The average Bonchev–Trinajstić information content (AvgIpc) is 2.93. The first-order valence-electron chi connectivity index (χ1n) is 8.49. The number of hydrogen-bond acceptors (Lipinski definition) is 4. The van der Waals surface area contributed by atoms with Crippen molar-refractivity contribution in [1.82, 2.24) is 14.5 Å². The van der Waals surface area contributed by atoms with Crippen molar-refractivity contribution in [3.63, 3.8) is 0 Å². The van der Waals surface area contributed by atoms with Crippen LogP contribution in [0.4, 0.5) is 5.82 Å². The molecule has 5 nitrogen and oxygen atoms in total. The summed E-state index contributed by atoms with van der Waals surface area (Å²) in [6, 6.07) is 8.16. The van der Waals surface area contributed by atoms with Gasteiger partial charge in [-0.2, -0.15) is 0 Å². The normalized spacial score (nSPS) is 11.6. The lowest BCUT2D eigenvalue weighted by Gasteiger charge is -2.10. The number of aryl methyl sites for hydroxylation is 2. The van der Waals surface area contributed by atoms with Gasteiger partial charge in [0.15, 0.2) is 5.82 Å². The van der Waals surface area contributed by atoms with Gasteiger partial charge in [0.2, 0.25) is 0 Å². The highest BCUT2D eigenvalue weighted by atomic mass is 15.1. The Morgan fingerprint density at radius 2 is 1.91 bits per heavy atom. The highest BCUT2D eigenvalue weighted by Gasteiger charge is 2.16. The number of nitrogens with two attached hydrogens (primary N) is 2. The Balaban J connectivity index is 2.18. The van der Waals surface area contributed by atoms with Gasteiger partial charge in [-0.15, -0.1) is 0 Å². The molecule has 3 rings (SSSR count). The standard InChI is InChI=1S/C18H25N5/c1-2-3-12-23-15(10-6-7-11-19)22-16-17(23)13-8-4-5-9-14(13)21-18(16)20/h4-5,8-9H,2-3,6-7,10-12,19H2,1H3,(H2,20,21). The van der Waals surface area contributed by atoms with Gasteiger partial charge in [-0.05, 0) is 31.9 Å². The fourth-order valence-electron chi connectivity index (χ4n) is 3.08. The highest BCUT2D eigenvalue weighted by Crippen LogP contribution is 2.29. The number of pyridine rings is 1. The maximum atomic E-state index is 6.18. The van der Waals surface area contributed by atoms with E-state index in [-0.39, 0.29) is 0 Å². The molecule has 0 aliphatic heterocycles. The summed E-state index contributed by atoms with van der Waals surface area (Å²) in [4.78, 5) is 9.34. The van der Waals surface area contributed by atoms with E-state index in [9.17, 15) is 0 Å². The molecule has 0 unspecified atom stereocenters. The number of unbranched alkanes of at least 4 members (excludes halogenated alkanes) is 2. The molecule has 0 fully saturated rings. The van der Waals surface area contributed by atoms with Crippen molar-refractivity contribution >= 4 is 27.8 Å². The van der Waals surface area contributed by atoms with Crippen LogP contribution in [0.15, 0.2) is 24.3 Å².